The van der Waals surface area contributed by atoms with Crippen LogP contribution in [0.3, 0.4) is 0 Å². The summed E-state index contributed by atoms with van der Waals surface area (Å²) >= 11 is 0. The third kappa shape index (κ3) is 2.48. The molecular weight excluding hydrogens is 156 g/mol. The molecule has 0 N–H and O–H groups in total. The highest BCUT2D eigenvalue weighted by Gasteiger charge is 2.35. The average Bonchev–Trinajstić information content (AvgIpc) is 2.08. The van der Waals surface area contributed by atoms with Gasteiger partial charge in [0.05, 0.1) is 0 Å². The summed E-state index contributed by atoms with van der Waals surface area (Å²) < 4.78 is 0. The van der Waals surface area contributed by atoms with Crippen molar-refractivity contribution >= 4 is 0 Å². The molecule has 0 aliphatic heterocycles. The number of hydrogen-bond donors (Lipinski definition) is 0. The van der Waals surface area contributed by atoms with E-state index in [2.05, 4.69) is 34.6 Å². The lowest BCUT2D eigenvalue weighted by molar-refractivity contribution is 0.0801. The zero-order chi connectivity index (χ0) is 10.1. The van der Waals surface area contributed by atoms with E-state index in [9.17, 15) is 0 Å². The second-order valence-corrected chi connectivity index (χ2v) is 5.82. The zero-order valence-electron chi connectivity index (χ0n) is 10.1. The molecular formula is C13H26. The molecule has 3 unspecified atom stereocenters. The van der Waals surface area contributed by atoms with Crippen LogP contribution in [0.1, 0.15) is 60.3 Å². The first-order chi connectivity index (χ1) is 5.97. The zero-order valence-corrected chi connectivity index (χ0v) is 10.1. The van der Waals surface area contributed by atoms with E-state index in [0.717, 1.165) is 17.8 Å². The van der Waals surface area contributed by atoms with Crippen molar-refractivity contribution in [1.82, 2.24) is 0 Å². The summed E-state index contributed by atoms with van der Waals surface area (Å²) in [6, 6.07) is 0. The summed E-state index contributed by atoms with van der Waals surface area (Å²) in [7, 11) is 0. The lowest BCUT2D eigenvalue weighted by Gasteiger charge is -2.42. The highest BCUT2D eigenvalue weighted by molar-refractivity contribution is 4.85. The molecule has 0 bridgehead atoms. The van der Waals surface area contributed by atoms with Gasteiger partial charge in [-0.05, 0) is 42.4 Å². The van der Waals surface area contributed by atoms with Crippen LogP contribution in [0.2, 0.25) is 0 Å². The predicted molar refractivity (Wildman–Crippen MR) is 59.7 cm³/mol. The van der Waals surface area contributed by atoms with Crippen molar-refractivity contribution in [3.63, 3.8) is 0 Å². The molecule has 1 fully saturated rings. The Kier molecular flexibility index (Phi) is 3.43. The van der Waals surface area contributed by atoms with E-state index in [1.54, 1.807) is 0 Å². The minimum absolute atomic E-state index is 0.590. The van der Waals surface area contributed by atoms with Crippen molar-refractivity contribution in [2.24, 2.45) is 23.2 Å². The van der Waals surface area contributed by atoms with Gasteiger partial charge in [-0.1, -0.05) is 41.0 Å². The SMILES string of the molecule is CCC(C)C1CCC(C)C(C)(C)C1. The van der Waals surface area contributed by atoms with Crippen LogP contribution in [0.15, 0.2) is 0 Å². The molecule has 3 atom stereocenters. The van der Waals surface area contributed by atoms with Gasteiger partial charge in [0.2, 0.25) is 0 Å². The van der Waals surface area contributed by atoms with Crippen LogP contribution in [0.5, 0.6) is 0 Å². The molecule has 1 aliphatic carbocycles. The normalized spacial score (nSPS) is 35.8. The molecule has 1 aliphatic rings. The van der Waals surface area contributed by atoms with Crippen LogP contribution >= 0.6 is 0 Å². The molecule has 0 saturated heterocycles. The fourth-order valence-electron chi connectivity index (χ4n) is 2.65. The molecule has 0 amide bonds. The first-order valence-corrected chi connectivity index (χ1v) is 5.97. The largest absolute Gasteiger partial charge is 0.0651 e. The molecule has 0 aromatic carbocycles. The van der Waals surface area contributed by atoms with Crippen molar-refractivity contribution in [2.45, 2.75) is 60.3 Å². The van der Waals surface area contributed by atoms with Gasteiger partial charge in [0.25, 0.3) is 0 Å². The van der Waals surface area contributed by atoms with Crippen LogP contribution in [-0.2, 0) is 0 Å². The first kappa shape index (κ1) is 11.1. The lowest BCUT2D eigenvalue weighted by Crippen LogP contribution is -2.32. The molecule has 0 spiro atoms. The van der Waals surface area contributed by atoms with Crippen molar-refractivity contribution in [3.8, 4) is 0 Å². The smallest absolute Gasteiger partial charge is 0.0326 e. The molecule has 0 radical (unpaired) electrons. The van der Waals surface area contributed by atoms with Crippen LogP contribution < -0.4 is 0 Å². The molecule has 0 heterocycles. The Morgan fingerprint density at radius 3 is 2.38 bits per heavy atom. The molecule has 1 saturated carbocycles. The maximum absolute atomic E-state index is 2.45. The van der Waals surface area contributed by atoms with Crippen molar-refractivity contribution < 1.29 is 0 Å². The minimum atomic E-state index is 0.590. The van der Waals surface area contributed by atoms with Crippen LogP contribution in [-0.4, -0.2) is 0 Å². The lowest BCUT2D eigenvalue weighted by atomic mass is 9.63. The van der Waals surface area contributed by atoms with Crippen LogP contribution in [0, 0.1) is 23.2 Å². The summed E-state index contributed by atoms with van der Waals surface area (Å²) in [5, 5.41) is 0. The Hall–Kier alpha value is 0. The van der Waals surface area contributed by atoms with E-state index in [4.69, 9.17) is 0 Å². The van der Waals surface area contributed by atoms with Gasteiger partial charge in [0.1, 0.15) is 0 Å². The van der Waals surface area contributed by atoms with E-state index < -0.39 is 0 Å². The second kappa shape index (κ2) is 4.02. The van der Waals surface area contributed by atoms with Crippen molar-refractivity contribution in [1.29, 1.82) is 0 Å². The topological polar surface area (TPSA) is 0 Å². The summed E-state index contributed by atoms with van der Waals surface area (Å²) in [4.78, 5) is 0. The molecule has 1 rings (SSSR count). The Labute approximate surface area is 84.1 Å². The van der Waals surface area contributed by atoms with Crippen LogP contribution in [0.25, 0.3) is 0 Å². The molecule has 0 aromatic rings. The van der Waals surface area contributed by atoms with E-state index in [-0.39, 0.29) is 0 Å². The molecule has 78 valence electrons. The van der Waals surface area contributed by atoms with Gasteiger partial charge in [-0.25, -0.2) is 0 Å². The Morgan fingerprint density at radius 1 is 1.31 bits per heavy atom. The van der Waals surface area contributed by atoms with Crippen LogP contribution in [0.4, 0.5) is 0 Å². The van der Waals surface area contributed by atoms with Gasteiger partial charge < -0.3 is 0 Å². The minimum Gasteiger partial charge on any atom is -0.0651 e. The summed E-state index contributed by atoms with van der Waals surface area (Å²) in [5.74, 6) is 2.86. The van der Waals surface area contributed by atoms with Gasteiger partial charge in [0.15, 0.2) is 0 Å². The summed E-state index contributed by atoms with van der Waals surface area (Å²) in [5.41, 5.74) is 0.590. The monoisotopic (exact) mass is 182 g/mol. The summed E-state index contributed by atoms with van der Waals surface area (Å²) in [6.07, 6.45) is 5.72. The standard InChI is InChI=1S/C13H26/c1-6-10(2)12-8-7-11(3)13(4,5)9-12/h10-12H,6-9H2,1-5H3. The van der Waals surface area contributed by atoms with Gasteiger partial charge in [-0.3, -0.25) is 0 Å². The fourth-order valence-corrected chi connectivity index (χ4v) is 2.65. The van der Waals surface area contributed by atoms with Gasteiger partial charge in [-0.15, -0.1) is 0 Å². The third-order valence-corrected chi connectivity index (χ3v) is 4.54. The quantitative estimate of drug-likeness (QED) is 0.590. The number of hydrogen-bond acceptors (Lipinski definition) is 0. The highest BCUT2D eigenvalue weighted by atomic mass is 14.4. The fraction of sp³-hybridized carbons (Fsp3) is 1.00. The third-order valence-electron chi connectivity index (χ3n) is 4.54. The van der Waals surface area contributed by atoms with Crippen molar-refractivity contribution in [3.05, 3.63) is 0 Å². The summed E-state index contributed by atoms with van der Waals surface area (Å²) in [6.45, 7) is 12.1. The van der Waals surface area contributed by atoms with E-state index in [1.807, 2.05) is 0 Å². The molecule has 13 heavy (non-hydrogen) atoms. The first-order valence-electron chi connectivity index (χ1n) is 5.97. The van der Waals surface area contributed by atoms with Gasteiger partial charge in [-0.2, -0.15) is 0 Å². The second-order valence-electron chi connectivity index (χ2n) is 5.82. The van der Waals surface area contributed by atoms with Gasteiger partial charge >= 0.3 is 0 Å². The predicted octanol–water partition coefficient (Wildman–Crippen LogP) is 4.49. The Morgan fingerprint density at radius 2 is 1.92 bits per heavy atom. The Bertz CT molecular complexity index is 157. The maximum Gasteiger partial charge on any atom is -0.0326 e. The molecule has 0 aromatic heterocycles. The Balaban J connectivity index is 2.55. The van der Waals surface area contributed by atoms with E-state index in [0.29, 0.717) is 5.41 Å². The van der Waals surface area contributed by atoms with E-state index in [1.165, 1.54) is 25.7 Å². The highest BCUT2D eigenvalue weighted by Crippen LogP contribution is 2.45. The molecule has 0 heteroatoms. The van der Waals surface area contributed by atoms with Crippen molar-refractivity contribution in [2.75, 3.05) is 0 Å². The average molecular weight is 182 g/mol. The maximum atomic E-state index is 2.45. The number of rotatable bonds is 2. The van der Waals surface area contributed by atoms with Gasteiger partial charge in [0, 0.05) is 0 Å². The van der Waals surface area contributed by atoms with E-state index >= 15 is 0 Å². The molecule has 0 nitrogen and oxygen atoms in total.